The molecule has 0 unspecified atom stereocenters. The number of nitrogens with two attached hydrogens (primary N) is 1. The van der Waals surface area contributed by atoms with E-state index in [1.807, 2.05) is 65.2 Å². The lowest BCUT2D eigenvalue weighted by Gasteiger charge is -2.11. The van der Waals surface area contributed by atoms with Gasteiger partial charge in [0.15, 0.2) is 0 Å². The second-order valence-corrected chi connectivity index (χ2v) is 6.18. The zero-order chi connectivity index (χ0) is 17.9. The number of amides is 1. The first-order valence-corrected chi connectivity index (χ1v) is 8.44. The lowest BCUT2D eigenvalue weighted by molar-refractivity contribution is 0.0939. The minimum Gasteiger partial charge on any atom is -0.467 e. The van der Waals surface area contributed by atoms with Crippen molar-refractivity contribution in [1.82, 2.24) is 9.88 Å². The van der Waals surface area contributed by atoms with Gasteiger partial charge in [-0.05, 0) is 42.0 Å². The van der Waals surface area contributed by atoms with Gasteiger partial charge in [-0.1, -0.05) is 30.3 Å². The number of hydrogen-bond donors (Lipinski definition) is 2. The van der Waals surface area contributed by atoms with Crippen molar-refractivity contribution in [3.8, 4) is 0 Å². The van der Waals surface area contributed by atoms with E-state index in [0.717, 1.165) is 16.5 Å². The summed E-state index contributed by atoms with van der Waals surface area (Å²) >= 11 is 0. The molecule has 0 fully saturated rings. The molecule has 0 aliphatic heterocycles. The highest BCUT2D eigenvalue weighted by molar-refractivity contribution is 5.99. The Labute approximate surface area is 151 Å². The highest BCUT2D eigenvalue weighted by Crippen LogP contribution is 2.24. The summed E-state index contributed by atoms with van der Waals surface area (Å²) in [6.07, 6.45) is 1.59. The summed E-state index contributed by atoms with van der Waals surface area (Å²) in [6, 6.07) is 21.3. The van der Waals surface area contributed by atoms with Crippen molar-refractivity contribution in [2.75, 3.05) is 5.73 Å². The molecular formula is C21H19N3O2. The molecule has 0 saturated carbocycles. The van der Waals surface area contributed by atoms with Crippen molar-refractivity contribution in [3.63, 3.8) is 0 Å². The number of furan rings is 1. The summed E-state index contributed by atoms with van der Waals surface area (Å²) in [6.45, 7) is 0.957. The van der Waals surface area contributed by atoms with E-state index in [1.165, 1.54) is 0 Å². The van der Waals surface area contributed by atoms with Crippen LogP contribution >= 0.6 is 0 Å². The van der Waals surface area contributed by atoms with E-state index in [-0.39, 0.29) is 5.91 Å². The molecule has 0 atom stereocenters. The smallest absolute Gasteiger partial charge is 0.268 e. The zero-order valence-electron chi connectivity index (χ0n) is 14.2. The van der Waals surface area contributed by atoms with E-state index in [1.54, 1.807) is 12.3 Å². The zero-order valence-corrected chi connectivity index (χ0v) is 14.2. The van der Waals surface area contributed by atoms with Gasteiger partial charge in [0.2, 0.25) is 0 Å². The van der Waals surface area contributed by atoms with Gasteiger partial charge < -0.3 is 20.0 Å². The number of carbonyl (C=O) groups excluding carboxylic acids is 1. The van der Waals surface area contributed by atoms with Crippen LogP contribution < -0.4 is 11.1 Å². The second-order valence-electron chi connectivity index (χ2n) is 6.18. The SMILES string of the molecule is Nc1ccc2c(c1)cc(C(=O)NCc1ccco1)n2Cc1ccccc1. The summed E-state index contributed by atoms with van der Waals surface area (Å²) < 4.78 is 7.30. The number of hydrogen-bond acceptors (Lipinski definition) is 3. The minimum absolute atomic E-state index is 0.146. The number of nitrogen functional groups attached to an aromatic ring is 1. The minimum atomic E-state index is -0.146. The highest BCUT2D eigenvalue weighted by atomic mass is 16.3. The maximum Gasteiger partial charge on any atom is 0.268 e. The predicted octanol–water partition coefficient (Wildman–Crippen LogP) is 3.79. The third-order valence-electron chi connectivity index (χ3n) is 4.34. The molecule has 5 heteroatoms. The largest absolute Gasteiger partial charge is 0.467 e. The lowest BCUT2D eigenvalue weighted by Crippen LogP contribution is -2.25. The van der Waals surface area contributed by atoms with E-state index in [0.29, 0.717) is 30.2 Å². The van der Waals surface area contributed by atoms with Gasteiger partial charge >= 0.3 is 0 Å². The van der Waals surface area contributed by atoms with Crippen molar-refractivity contribution in [2.24, 2.45) is 0 Å². The van der Waals surface area contributed by atoms with Gasteiger partial charge in [0.25, 0.3) is 5.91 Å². The van der Waals surface area contributed by atoms with E-state index < -0.39 is 0 Å². The molecular weight excluding hydrogens is 326 g/mol. The molecule has 0 saturated heterocycles. The van der Waals surface area contributed by atoms with Crippen molar-refractivity contribution in [2.45, 2.75) is 13.1 Å². The standard InChI is InChI=1S/C21H19N3O2/c22-17-8-9-19-16(11-17)12-20(21(25)23-13-18-7-4-10-26-18)24(19)14-15-5-2-1-3-6-15/h1-12H,13-14,22H2,(H,23,25). The molecule has 2 heterocycles. The van der Waals surface area contributed by atoms with Gasteiger partial charge in [-0.25, -0.2) is 0 Å². The summed E-state index contributed by atoms with van der Waals surface area (Å²) in [5.41, 5.74) is 9.29. The fourth-order valence-electron chi connectivity index (χ4n) is 3.08. The highest BCUT2D eigenvalue weighted by Gasteiger charge is 2.16. The molecule has 4 rings (SSSR count). The van der Waals surface area contributed by atoms with Crippen LogP contribution in [0.5, 0.6) is 0 Å². The quantitative estimate of drug-likeness (QED) is 0.540. The van der Waals surface area contributed by atoms with Gasteiger partial charge in [-0.15, -0.1) is 0 Å². The van der Waals surface area contributed by atoms with E-state index in [9.17, 15) is 4.79 Å². The molecule has 0 aliphatic carbocycles. The number of aromatic nitrogens is 1. The first-order valence-electron chi connectivity index (χ1n) is 8.44. The van der Waals surface area contributed by atoms with Gasteiger partial charge in [0.05, 0.1) is 12.8 Å². The average molecular weight is 345 g/mol. The predicted molar refractivity (Wildman–Crippen MR) is 102 cm³/mol. The maximum atomic E-state index is 12.8. The molecule has 2 aromatic heterocycles. The fraction of sp³-hybridized carbons (Fsp3) is 0.0952. The van der Waals surface area contributed by atoms with Crippen LogP contribution in [-0.2, 0) is 13.1 Å². The Kier molecular flexibility index (Phi) is 4.19. The topological polar surface area (TPSA) is 73.2 Å². The number of nitrogens with zero attached hydrogens (tertiary/aromatic N) is 1. The first-order chi connectivity index (χ1) is 12.7. The first kappa shape index (κ1) is 16.0. The van der Waals surface area contributed by atoms with Crippen LogP contribution in [0.15, 0.2) is 77.4 Å². The average Bonchev–Trinajstić information content (AvgIpc) is 3.28. The summed E-state index contributed by atoms with van der Waals surface area (Å²) in [5, 5.41) is 3.87. The monoisotopic (exact) mass is 345 g/mol. The summed E-state index contributed by atoms with van der Waals surface area (Å²) in [4.78, 5) is 12.8. The maximum absolute atomic E-state index is 12.8. The molecule has 4 aromatic rings. The van der Waals surface area contributed by atoms with Crippen LogP contribution in [0.3, 0.4) is 0 Å². The van der Waals surface area contributed by atoms with Crippen molar-refractivity contribution < 1.29 is 9.21 Å². The van der Waals surface area contributed by atoms with Crippen molar-refractivity contribution in [3.05, 3.63) is 90.0 Å². The Morgan fingerprint density at radius 2 is 1.88 bits per heavy atom. The molecule has 0 aliphatic rings. The fourth-order valence-corrected chi connectivity index (χ4v) is 3.08. The Balaban J connectivity index is 1.69. The summed E-state index contributed by atoms with van der Waals surface area (Å²) in [5.74, 6) is 0.570. The van der Waals surface area contributed by atoms with Crippen LogP contribution in [0.1, 0.15) is 21.8 Å². The molecule has 2 aromatic carbocycles. The molecule has 0 bridgehead atoms. The molecule has 1 amide bonds. The van der Waals surface area contributed by atoms with E-state index >= 15 is 0 Å². The van der Waals surface area contributed by atoms with Gasteiger partial charge in [-0.3, -0.25) is 4.79 Å². The third-order valence-corrected chi connectivity index (χ3v) is 4.34. The van der Waals surface area contributed by atoms with E-state index in [2.05, 4.69) is 5.32 Å². The van der Waals surface area contributed by atoms with Crippen LogP contribution in [0.25, 0.3) is 10.9 Å². The normalized spacial score (nSPS) is 10.9. The number of rotatable bonds is 5. The summed E-state index contributed by atoms with van der Waals surface area (Å²) in [7, 11) is 0. The van der Waals surface area contributed by atoms with Crippen LogP contribution in [0, 0.1) is 0 Å². The van der Waals surface area contributed by atoms with Crippen LogP contribution in [-0.4, -0.2) is 10.5 Å². The van der Waals surface area contributed by atoms with E-state index in [4.69, 9.17) is 10.2 Å². The molecule has 26 heavy (non-hydrogen) atoms. The van der Waals surface area contributed by atoms with Gasteiger partial charge in [-0.2, -0.15) is 0 Å². The molecule has 3 N–H and O–H groups in total. The Bertz CT molecular complexity index is 1030. The van der Waals surface area contributed by atoms with Crippen molar-refractivity contribution >= 4 is 22.5 Å². The van der Waals surface area contributed by atoms with Crippen molar-refractivity contribution in [1.29, 1.82) is 0 Å². The van der Waals surface area contributed by atoms with Crippen LogP contribution in [0.4, 0.5) is 5.69 Å². The Morgan fingerprint density at radius 3 is 2.65 bits per heavy atom. The third kappa shape index (κ3) is 3.19. The molecule has 0 radical (unpaired) electrons. The molecule has 0 spiro atoms. The molecule has 130 valence electrons. The second kappa shape index (κ2) is 6.80. The lowest BCUT2D eigenvalue weighted by atomic mass is 10.2. The van der Waals surface area contributed by atoms with Gasteiger partial charge in [0, 0.05) is 23.1 Å². The Morgan fingerprint density at radius 1 is 1.04 bits per heavy atom. The number of carbonyl (C=O) groups is 1. The number of benzene rings is 2. The molecule has 5 nitrogen and oxygen atoms in total. The van der Waals surface area contributed by atoms with Gasteiger partial charge in [0.1, 0.15) is 11.5 Å². The number of nitrogens with one attached hydrogen (secondary N) is 1. The number of anilines is 1. The number of fused-ring (bicyclic) bond motifs is 1. The van der Waals surface area contributed by atoms with Crippen LogP contribution in [0.2, 0.25) is 0 Å². The Hall–Kier alpha value is -3.47.